The molecule has 0 saturated carbocycles. The first-order valence-electron chi connectivity index (χ1n) is 7.38. The molecule has 1 rings (SSSR count). The van der Waals surface area contributed by atoms with Gasteiger partial charge in [0, 0.05) is 22.5 Å². The molecule has 1 atom stereocenters. The van der Waals surface area contributed by atoms with Crippen molar-refractivity contribution in [1.82, 2.24) is 0 Å². The van der Waals surface area contributed by atoms with Gasteiger partial charge in [0.25, 0.3) is 0 Å². The minimum Gasteiger partial charge on any atom is -0.493 e. The van der Waals surface area contributed by atoms with Gasteiger partial charge >= 0.3 is 5.97 Å². The van der Waals surface area contributed by atoms with Crippen molar-refractivity contribution in [2.45, 2.75) is 45.6 Å². The Kier molecular flexibility index (Phi) is 8.38. The van der Waals surface area contributed by atoms with Gasteiger partial charge in [-0.2, -0.15) is 0 Å². The minimum absolute atomic E-state index is 0.0682. The number of unbranched alkanes of at least 4 members (excludes halogenated alkanes) is 2. The molecule has 1 aromatic rings. The van der Waals surface area contributed by atoms with Gasteiger partial charge in [0.15, 0.2) is 0 Å². The predicted molar refractivity (Wildman–Crippen MR) is 87.3 cm³/mol. The summed E-state index contributed by atoms with van der Waals surface area (Å²) in [4.78, 5) is 11.2. The number of benzene rings is 1. The van der Waals surface area contributed by atoms with Crippen molar-refractivity contribution in [3.63, 3.8) is 0 Å². The molecule has 0 radical (unpaired) electrons. The average molecular weight is 358 g/mol. The normalized spacial score (nSPS) is 12.0. The van der Waals surface area contributed by atoms with E-state index in [1.165, 1.54) is 0 Å². The molecule has 2 N–H and O–H groups in total. The first-order chi connectivity index (χ1) is 10.0. The van der Waals surface area contributed by atoms with Crippen molar-refractivity contribution in [2.24, 2.45) is 5.73 Å². The Hall–Kier alpha value is -1.07. The molecule has 0 aromatic heterocycles. The summed E-state index contributed by atoms with van der Waals surface area (Å²) in [5.41, 5.74) is 6.94. The summed E-state index contributed by atoms with van der Waals surface area (Å²) in [5, 5.41) is 0. The highest BCUT2D eigenvalue weighted by atomic mass is 79.9. The molecule has 0 fully saturated rings. The number of esters is 1. The third kappa shape index (κ3) is 6.96. The number of carbonyl (C=O) groups excluding carboxylic acids is 1. The zero-order chi connectivity index (χ0) is 15.7. The molecule has 0 spiro atoms. The fraction of sp³-hybridized carbons (Fsp3) is 0.562. The van der Waals surface area contributed by atoms with E-state index < -0.39 is 0 Å². The van der Waals surface area contributed by atoms with Crippen LogP contribution in [0.4, 0.5) is 0 Å². The highest BCUT2D eigenvalue weighted by Gasteiger charge is 2.08. The zero-order valence-corrected chi connectivity index (χ0v) is 14.3. The van der Waals surface area contributed by atoms with Crippen molar-refractivity contribution < 1.29 is 14.3 Å². The monoisotopic (exact) mass is 357 g/mol. The molecule has 0 aliphatic heterocycles. The second-order valence-electron chi connectivity index (χ2n) is 4.93. The van der Waals surface area contributed by atoms with E-state index in [1.54, 1.807) is 0 Å². The van der Waals surface area contributed by atoms with Crippen molar-refractivity contribution >= 4 is 21.9 Å². The SMILES string of the molecule is CCOC(=O)CCCCCOc1ccc(Br)cc1[C@H](C)N. The van der Waals surface area contributed by atoms with Gasteiger partial charge in [0.2, 0.25) is 0 Å². The van der Waals surface area contributed by atoms with Gasteiger partial charge in [-0.1, -0.05) is 15.9 Å². The molecular weight excluding hydrogens is 334 g/mol. The molecule has 1 aromatic carbocycles. The van der Waals surface area contributed by atoms with E-state index in [1.807, 2.05) is 32.0 Å². The molecule has 0 aliphatic carbocycles. The summed E-state index contributed by atoms with van der Waals surface area (Å²) in [6.07, 6.45) is 3.18. The zero-order valence-electron chi connectivity index (χ0n) is 12.7. The molecule has 118 valence electrons. The summed E-state index contributed by atoms with van der Waals surface area (Å²) in [5.74, 6) is 0.712. The van der Waals surface area contributed by atoms with Crippen LogP contribution in [-0.2, 0) is 9.53 Å². The number of carbonyl (C=O) groups is 1. The number of nitrogens with two attached hydrogens (primary N) is 1. The van der Waals surface area contributed by atoms with Crippen LogP contribution in [0.3, 0.4) is 0 Å². The van der Waals surface area contributed by atoms with Gasteiger partial charge in [-0.05, 0) is 51.3 Å². The van der Waals surface area contributed by atoms with Crippen LogP contribution < -0.4 is 10.5 Å². The van der Waals surface area contributed by atoms with Crippen molar-refractivity contribution in [2.75, 3.05) is 13.2 Å². The van der Waals surface area contributed by atoms with Crippen molar-refractivity contribution in [3.8, 4) is 5.75 Å². The number of rotatable bonds is 9. The lowest BCUT2D eigenvalue weighted by Crippen LogP contribution is -2.09. The highest BCUT2D eigenvalue weighted by Crippen LogP contribution is 2.27. The fourth-order valence-corrected chi connectivity index (χ4v) is 2.35. The van der Waals surface area contributed by atoms with E-state index in [0.717, 1.165) is 35.0 Å². The van der Waals surface area contributed by atoms with Crippen LogP contribution in [0.15, 0.2) is 22.7 Å². The van der Waals surface area contributed by atoms with E-state index in [-0.39, 0.29) is 12.0 Å². The number of hydrogen-bond acceptors (Lipinski definition) is 4. The topological polar surface area (TPSA) is 61.5 Å². The lowest BCUT2D eigenvalue weighted by Gasteiger charge is -2.14. The number of hydrogen-bond donors (Lipinski definition) is 1. The Labute approximate surface area is 135 Å². The summed E-state index contributed by atoms with van der Waals surface area (Å²) in [7, 11) is 0. The Morgan fingerprint density at radius 2 is 2.10 bits per heavy atom. The average Bonchev–Trinajstić information content (AvgIpc) is 2.44. The van der Waals surface area contributed by atoms with Crippen LogP contribution in [0.1, 0.15) is 51.1 Å². The quantitative estimate of drug-likeness (QED) is 0.536. The van der Waals surface area contributed by atoms with Crippen molar-refractivity contribution in [3.05, 3.63) is 28.2 Å². The standard InChI is InChI=1S/C16H24BrNO3/c1-3-20-16(19)7-5-4-6-10-21-15-9-8-13(17)11-14(15)12(2)18/h8-9,11-12H,3-7,10,18H2,1-2H3/t12-/m0/s1. The molecule has 5 heteroatoms. The molecule has 21 heavy (non-hydrogen) atoms. The first kappa shape index (κ1) is 18.0. The van der Waals surface area contributed by atoms with Crippen LogP contribution in [0.5, 0.6) is 5.75 Å². The predicted octanol–water partition coefficient (Wildman–Crippen LogP) is 3.97. The molecule has 0 amide bonds. The third-order valence-corrected chi connectivity index (χ3v) is 3.54. The van der Waals surface area contributed by atoms with E-state index in [4.69, 9.17) is 15.2 Å². The van der Waals surface area contributed by atoms with Gasteiger partial charge in [-0.25, -0.2) is 0 Å². The van der Waals surface area contributed by atoms with Crippen LogP contribution >= 0.6 is 15.9 Å². The maximum Gasteiger partial charge on any atom is 0.305 e. The van der Waals surface area contributed by atoms with Gasteiger partial charge in [0.05, 0.1) is 13.2 Å². The molecule has 4 nitrogen and oxygen atoms in total. The van der Waals surface area contributed by atoms with E-state index in [0.29, 0.717) is 19.6 Å². The number of ether oxygens (including phenoxy) is 2. The minimum atomic E-state index is -0.120. The van der Waals surface area contributed by atoms with Crippen LogP contribution in [0.2, 0.25) is 0 Å². The molecule has 0 bridgehead atoms. The van der Waals surface area contributed by atoms with Crippen LogP contribution in [-0.4, -0.2) is 19.2 Å². The van der Waals surface area contributed by atoms with E-state index in [2.05, 4.69) is 15.9 Å². The smallest absolute Gasteiger partial charge is 0.305 e. The Balaban J connectivity index is 2.28. The van der Waals surface area contributed by atoms with Gasteiger partial charge < -0.3 is 15.2 Å². The third-order valence-electron chi connectivity index (χ3n) is 3.05. The molecule has 0 aliphatic rings. The van der Waals surface area contributed by atoms with E-state index in [9.17, 15) is 4.79 Å². The van der Waals surface area contributed by atoms with Crippen molar-refractivity contribution in [1.29, 1.82) is 0 Å². The maximum absolute atomic E-state index is 11.2. The highest BCUT2D eigenvalue weighted by molar-refractivity contribution is 9.10. The van der Waals surface area contributed by atoms with Gasteiger partial charge in [0.1, 0.15) is 5.75 Å². The number of halogens is 1. The Morgan fingerprint density at radius 1 is 1.33 bits per heavy atom. The molecule has 0 unspecified atom stereocenters. The molecule has 0 heterocycles. The molecule has 0 saturated heterocycles. The lowest BCUT2D eigenvalue weighted by atomic mass is 10.1. The van der Waals surface area contributed by atoms with Gasteiger partial charge in [-0.15, -0.1) is 0 Å². The van der Waals surface area contributed by atoms with Gasteiger partial charge in [-0.3, -0.25) is 4.79 Å². The summed E-state index contributed by atoms with van der Waals surface area (Å²) >= 11 is 3.44. The summed E-state index contributed by atoms with van der Waals surface area (Å²) < 4.78 is 11.7. The fourth-order valence-electron chi connectivity index (χ4n) is 1.97. The summed E-state index contributed by atoms with van der Waals surface area (Å²) in [6.45, 7) is 4.84. The van der Waals surface area contributed by atoms with Crippen LogP contribution in [0, 0.1) is 0 Å². The second-order valence-corrected chi connectivity index (χ2v) is 5.85. The first-order valence-corrected chi connectivity index (χ1v) is 8.17. The molecular formula is C16H24BrNO3. The van der Waals surface area contributed by atoms with Crippen LogP contribution in [0.25, 0.3) is 0 Å². The largest absolute Gasteiger partial charge is 0.493 e. The lowest BCUT2D eigenvalue weighted by molar-refractivity contribution is -0.143. The van der Waals surface area contributed by atoms with E-state index >= 15 is 0 Å². The summed E-state index contributed by atoms with van der Waals surface area (Å²) in [6, 6.07) is 5.80. The maximum atomic E-state index is 11.2. The second kappa shape index (κ2) is 9.79. The Morgan fingerprint density at radius 3 is 2.76 bits per heavy atom. The Bertz CT molecular complexity index is 449.